The third-order valence-electron chi connectivity index (χ3n) is 2.28. The molecule has 0 fully saturated rings. The molecule has 0 unspecified atom stereocenters. The molecule has 0 amide bonds. The SMILES string of the molecule is Cc1ccc2[nH]c(CCOCC(F)(F)F)nc2n1. The van der Waals surface area contributed by atoms with Gasteiger partial charge in [-0.25, -0.2) is 9.97 Å². The molecule has 0 atom stereocenters. The van der Waals surface area contributed by atoms with E-state index in [1.165, 1.54) is 0 Å². The highest BCUT2D eigenvalue weighted by atomic mass is 19.4. The zero-order valence-electron chi connectivity index (χ0n) is 9.71. The number of aromatic amines is 1. The van der Waals surface area contributed by atoms with Crippen LogP contribution in [0.1, 0.15) is 11.5 Å². The van der Waals surface area contributed by atoms with Crippen molar-refractivity contribution in [3.8, 4) is 0 Å². The molecule has 7 heteroatoms. The van der Waals surface area contributed by atoms with Gasteiger partial charge in [0.1, 0.15) is 12.4 Å². The summed E-state index contributed by atoms with van der Waals surface area (Å²) in [6.45, 7) is 0.586. The predicted molar refractivity (Wildman–Crippen MR) is 59.2 cm³/mol. The van der Waals surface area contributed by atoms with E-state index in [9.17, 15) is 13.2 Å². The second-order valence-electron chi connectivity index (χ2n) is 3.93. The molecule has 0 saturated carbocycles. The molecule has 0 radical (unpaired) electrons. The van der Waals surface area contributed by atoms with Gasteiger partial charge in [0, 0.05) is 12.1 Å². The number of nitrogens with zero attached hydrogens (tertiary/aromatic N) is 2. The lowest BCUT2D eigenvalue weighted by atomic mass is 10.3. The molecule has 0 aliphatic rings. The number of rotatable bonds is 4. The number of aryl methyl sites for hydroxylation is 1. The van der Waals surface area contributed by atoms with E-state index in [4.69, 9.17) is 0 Å². The number of pyridine rings is 1. The molecule has 0 aliphatic heterocycles. The minimum absolute atomic E-state index is 0.0295. The molecule has 2 heterocycles. The van der Waals surface area contributed by atoms with Gasteiger partial charge in [0.2, 0.25) is 0 Å². The van der Waals surface area contributed by atoms with E-state index in [1.807, 2.05) is 19.1 Å². The third-order valence-corrected chi connectivity index (χ3v) is 2.28. The summed E-state index contributed by atoms with van der Waals surface area (Å²) in [5.74, 6) is 0.574. The molecule has 18 heavy (non-hydrogen) atoms. The quantitative estimate of drug-likeness (QED) is 0.858. The van der Waals surface area contributed by atoms with Crippen molar-refractivity contribution in [2.75, 3.05) is 13.2 Å². The average Bonchev–Trinajstić information content (AvgIpc) is 2.65. The van der Waals surface area contributed by atoms with Crippen molar-refractivity contribution in [2.24, 2.45) is 0 Å². The van der Waals surface area contributed by atoms with Crippen molar-refractivity contribution in [3.05, 3.63) is 23.7 Å². The van der Waals surface area contributed by atoms with E-state index in [1.54, 1.807) is 0 Å². The zero-order chi connectivity index (χ0) is 13.2. The minimum Gasteiger partial charge on any atom is -0.372 e. The number of ether oxygens (including phenoxy) is 1. The maximum absolute atomic E-state index is 11.8. The van der Waals surface area contributed by atoms with Crippen molar-refractivity contribution in [1.29, 1.82) is 0 Å². The summed E-state index contributed by atoms with van der Waals surface area (Å²) < 4.78 is 40.0. The fraction of sp³-hybridized carbons (Fsp3) is 0.455. The molecule has 2 aromatic rings. The van der Waals surface area contributed by atoms with Crippen molar-refractivity contribution >= 4 is 11.2 Å². The van der Waals surface area contributed by atoms with Crippen LogP contribution in [0.5, 0.6) is 0 Å². The van der Waals surface area contributed by atoms with Gasteiger partial charge in [-0.15, -0.1) is 0 Å². The highest BCUT2D eigenvalue weighted by Crippen LogP contribution is 2.15. The van der Waals surface area contributed by atoms with E-state index in [-0.39, 0.29) is 6.61 Å². The smallest absolute Gasteiger partial charge is 0.372 e. The Morgan fingerprint density at radius 2 is 2.06 bits per heavy atom. The number of imidazole rings is 1. The predicted octanol–water partition coefficient (Wildman–Crippen LogP) is 2.39. The molecule has 98 valence electrons. The van der Waals surface area contributed by atoms with Gasteiger partial charge < -0.3 is 9.72 Å². The van der Waals surface area contributed by atoms with Crippen LogP contribution in [0, 0.1) is 6.92 Å². The summed E-state index contributed by atoms with van der Waals surface area (Å²) in [6.07, 6.45) is -3.99. The molecule has 0 spiro atoms. The van der Waals surface area contributed by atoms with Crippen LogP contribution in [0.4, 0.5) is 13.2 Å². The van der Waals surface area contributed by atoms with Crippen LogP contribution in [0.2, 0.25) is 0 Å². The monoisotopic (exact) mass is 259 g/mol. The van der Waals surface area contributed by atoms with Crippen LogP contribution in [0.15, 0.2) is 12.1 Å². The lowest BCUT2D eigenvalue weighted by Crippen LogP contribution is -2.18. The van der Waals surface area contributed by atoms with Gasteiger partial charge in [0.25, 0.3) is 0 Å². The standard InChI is InChI=1S/C11H12F3N3O/c1-7-2-3-8-10(15-7)17-9(16-8)4-5-18-6-11(12,13)14/h2-3H,4-6H2,1H3,(H,15,16,17). The molecule has 0 aromatic carbocycles. The molecule has 0 saturated heterocycles. The van der Waals surface area contributed by atoms with Crippen molar-refractivity contribution < 1.29 is 17.9 Å². The normalized spacial score (nSPS) is 12.2. The molecule has 0 aliphatic carbocycles. The Bertz CT molecular complexity index is 536. The second kappa shape index (κ2) is 4.93. The fourth-order valence-electron chi connectivity index (χ4n) is 1.51. The zero-order valence-corrected chi connectivity index (χ0v) is 9.71. The van der Waals surface area contributed by atoms with E-state index >= 15 is 0 Å². The Kier molecular flexibility index (Phi) is 3.51. The van der Waals surface area contributed by atoms with Crippen molar-refractivity contribution in [2.45, 2.75) is 19.5 Å². The summed E-state index contributed by atoms with van der Waals surface area (Å²) in [4.78, 5) is 11.4. The Morgan fingerprint density at radius 3 is 2.78 bits per heavy atom. The van der Waals surface area contributed by atoms with Crippen molar-refractivity contribution in [1.82, 2.24) is 15.0 Å². The Morgan fingerprint density at radius 1 is 1.28 bits per heavy atom. The van der Waals surface area contributed by atoms with Gasteiger partial charge in [-0.3, -0.25) is 0 Å². The van der Waals surface area contributed by atoms with E-state index < -0.39 is 12.8 Å². The minimum atomic E-state index is -4.29. The van der Waals surface area contributed by atoms with Crippen molar-refractivity contribution in [3.63, 3.8) is 0 Å². The summed E-state index contributed by atoms with van der Waals surface area (Å²) in [5.41, 5.74) is 2.18. The number of hydrogen-bond acceptors (Lipinski definition) is 3. The third kappa shape index (κ3) is 3.43. The first-order chi connectivity index (χ1) is 8.44. The second-order valence-corrected chi connectivity index (χ2v) is 3.93. The Hall–Kier alpha value is -1.63. The number of aromatic nitrogens is 3. The maximum atomic E-state index is 11.8. The Balaban J connectivity index is 1.92. The first kappa shape index (κ1) is 12.8. The molecule has 1 N–H and O–H groups in total. The lowest BCUT2D eigenvalue weighted by Gasteiger charge is -2.06. The highest BCUT2D eigenvalue weighted by molar-refractivity contribution is 5.70. The molecular formula is C11H12F3N3O. The maximum Gasteiger partial charge on any atom is 0.411 e. The number of H-pyrrole nitrogens is 1. The Labute approximate surface area is 101 Å². The van der Waals surface area contributed by atoms with E-state index in [0.29, 0.717) is 17.9 Å². The van der Waals surface area contributed by atoms with E-state index in [2.05, 4.69) is 19.7 Å². The summed E-state index contributed by atoms with van der Waals surface area (Å²) in [5, 5.41) is 0. The van der Waals surface area contributed by atoms with Gasteiger partial charge in [-0.1, -0.05) is 0 Å². The molecule has 2 rings (SSSR count). The number of fused-ring (bicyclic) bond motifs is 1. The molecule has 4 nitrogen and oxygen atoms in total. The summed E-state index contributed by atoms with van der Waals surface area (Å²) in [7, 11) is 0. The van der Waals surface area contributed by atoms with Crippen LogP contribution in [0.3, 0.4) is 0 Å². The van der Waals surface area contributed by atoms with Gasteiger partial charge in [-0.2, -0.15) is 13.2 Å². The molecule has 2 aromatic heterocycles. The van der Waals surface area contributed by atoms with Crippen LogP contribution >= 0.6 is 0 Å². The van der Waals surface area contributed by atoms with Gasteiger partial charge in [-0.05, 0) is 19.1 Å². The van der Waals surface area contributed by atoms with Crippen LogP contribution in [-0.2, 0) is 11.2 Å². The average molecular weight is 259 g/mol. The molecular weight excluding hydrogens is 247 g/mol. The number of alkyl halides is 3. The lowest BCUT2D eigenvalue weighted by molar-refractivity contribution is -0.173. The van der Waals surface area contributed by atoms with Crippen LogP contribution in [-0.4, -0.2) is 34.3 Å². The summed E-state index contributed by atoms with van der Waals surface area (Å²) >= 11 is 0. The highest BCUT2D eigenvalue weighted by Gasteiger charge is 2.27. The topological polar surface area (TPSA) is 50.8 Å². The van der Waals surface area contributed by atoms with E-state index in [0.717, 1.165) is 11.2 Å². The van der Waals surface area contributed by atoms with Crippen LogP contribution in [0.25, 0.3) is 11.2 Å². The largest absolute Gasteiger partial charge is 0.411 e. The fourth-order valence-corrected chi connectivity index (χ4v) is 1.51. The van der Waals surface area contributed by atoms with Gasteiger partial charge >= 0.3 is 6.18 Å². The first-order valence-electron chi connectivity index (χ1n) is 5.41. The number of nitrogens with one attached hydrogen (secondary N) is 1. The van der Waals surface area contributed by atoms with Gasteiger partial charge in [0.05, 0.1) is 12.1 Å². The number of halogens is 3. The van der Waals surface area contributed by atoms with Crippen LogP contribution < -0.4 is 0 Å². The van der Waals surface area contributed by atoms with Gasteiger partial charge in [0.15, 0.2) is 5.65 Å². The first-order valence-corrected chi connectivity index (χ1v) is 5.41. The molecule has 0 bridgehead atoms. The number of hydrogen-bond donors (Lipinski definition) is 1. The summed E-state index contributed by atoms with van der Waals surface area (Å²) in [6, 6.07) is 3.68.